The van der Waals surface area contributed by atoms with Gasteiger partial charge >= 0.3 is 6.09 Å². The summed E-state index contributed by atoms with van der Waals surface area (Å²) in [6.07, 6.45) is 2.30. The van der Waals surface area contributed by atoms with E-state index >= 15 is 0 Å². The number of rotatable bonds is 14. The summed E-state index contributed by atoms with van der Waals surface area (Å²) in [5, 5.41) is 7.52. The topological polar surface area (TPSA) is 183 Å². The summed E-state index contributed by atoms with van der Waals surface area (Å²) in [4.78, 5) is 37.3. The molecule has 15 heteroatoms. The molecule has 0 saturated heterocycles. The smallest absolute Gasteiger partial charge is 0.408 e. The van der Waals surface area contributed by atoms with Gasteiger partial charge in [0.05, 0.1) is 25.7 Å². The van der Waals surface area contributed by atoms with Crippen molar-refractivity contribution in [2.24, 2.45) is 5.92 Å². The number of carbonyl (C=O) groups is 3. The minimum atomic E-state index is -3.77. The summed E-state index contributed by atoms with van der Waals surface area (Å²) >= 11 is 0. The van der Waals surface area contributed by atoms with Crippen LogP contribution in [0.2, 0.25) is 0 Å². The number of alkyl carbamates (subject to hydrolysis) is 1. The third kappa shape index (κ3) is 13.2. The molecule has 2 unspecified atom stereocenters. The molecule has 37 heavy (non-hydrogen) atoms. The molecule has 0 bridgehead atoms. The van der Waals surface area contributed by atoms with Gasteiger partial charge in [0.25, 0.3) is 20.2 Å². The number of amides is 3. The van der Waals surface area contributed by atoms with Gasteiger partial charge in [-0.2, -0.15) is 16.8 Å². The zero-order valence-electron chi connectivity index (χ0n) is 21.3. The molecule has 13 nitrogen and oxygen atoms in total. The SMILES string of the molecule is C=CCOC(=O)NC(C(=O)NC(C)C(=O)Nc1cc(COS(C)(=O)=O)cc(COS(C)(=O)=O)c1)C(C)C. The fraction of sp³-hybridized carbons (Fsp3) is 0.500. The highest BCUT2D eigenvalue weighted by Gasteiger charge is 2.27. The second-order valence-corrected chi connectivity index (χ2v) is 11.7. The van der Waals surface area contributed by atoms with E-state index in [0.29, 0.717) is 11.1 Å². The van der Waals surface area contributed by atoms with E-state index in [0.717, 1.165) is 12.5 Å². The van der Waals surface area contributed by atoms with Gasteiger partial charge in [-0.05, 0) is 36.1 Å². The Morgan fingerprint density at radius 2 is 1.41 bits per heavy atom. The summed E-state index contributed by atoms with van der Waals surface area (Å²) in [7, 11) is -7.54. The van der Waals surface area contributed by atoms with Gasteiger partial charge in [-0.15, -0.1) is 0 Å². The van der Waals surface area contributed by atoms with Crippen LogP contribution >= 0.6 is 0 Å². The van der Waals surface area contributed by atoms with Crippen molar-refractivity contribution in [3.63, 3.8) is 0 Å². The Balaban J connectivity index is 2.99. The van der Waals surface area contributed by atoms with Crippen molar-refractivity contribution in [2.45, 2.75) is 46.1 Å². The Morgan fingerprint density at radius 1 is 0.892 bits per heavy atom. The van der Waals surface area contributed by atoms with Gasteiger partial charge in [0.1, 0.15) is 18.7 Å². The molecular weight excluding hydrogens is 530 g/mol. The normalized spacial score (nSPS) is 13.4. The first-order valence-electron chi connectivity index (χ1n) is 11.0. The van der Waals surface area contributed by atoms with Gasteiger partial charge in [0.15, 0.2) is 0 Å². The highest BCUT2D eigenvalue weighted by atomic mass is 32.2. The fourth-order valence-corrected chi connectivity index (χ4v) is 3.51. The quantitative estimate of drug-likeness (QED) is 0.218. The molecule has 0 fully saturated rings. The second kappa shape index (κ2) is 14.1. The monoisotopic (exact) mass is 563 g/mol. The molecule has 0 aliphatic rings. The highest BCUT2D eigenvalue weighted by molar-refractivity contribution is 7.86. The van der Waals surface area contributed by atoms with Crippen molar-refractivity contribution < 1.29 is 44.3 Å². The maximum Gasteiger partial charge on any atom is 0.408 e. The maximum atomic E-state index is 12.8. The van der Waals surface area contributed by atoms with Crippen LogP contribution in [0.25, 0.3) is 0 Å². The first-order chi connectivity index (χ1) is 17.0. The number of hydrogen-bond donors (Lipinski definition) is 3. The summed E-state index contributed by atoms with van der Waals surface area (Å²) in [5.74, 6) is -1.58. The van der Waals surface area contributed by atoms with Crippen LogP contribution in [0, 0.1) is 5.92 Å². The van der Waals surface area contributed by atoms with Crippen LogP contribution in [-0.4, -0.2) is 65.9 Å². The van der Waals surface area contributed by atoms with Crippen molar-refractivity contribution in [3.8, 4) is 0 Å². The highest BCUT2D eigenvalue weighted by Crippen LogP contribution is 2.18. The Kier molecular flexibility index (Phi) is 12.2. The van der Waals surface area contributed by atoms with E-state index in [1.807, 2.05) is 0 Å². The molecule has 1 aromatic carbocycles. The molecule has 0 aliphatic carbocycles. The van der Waals surface area contributed by atoms with Crippen LogP contribution in [0.15, 0.2) is 30.9 Å². The number of anilines is 1. The molecule has 0 spiro atoms. The number of hydrogen-bond acceptors (Lipinski definition) is 10. The summed E-state index contributed by atoms with van der Waals surface area (Å²) in [5.41, 5.74) is 0.808. The Hall–Kier alpha value is -3.01. The van der Waals surface area contributed by atoms with E-state index in [2.05, 4.69) is 22.5 Å². The molecule has 1 aromatic rings. The molecule has 208 valence electrons. The third-order valence-electron chi connectivity index (χ3n) is 4.51. The standard InChI is InChI=1S/C22H33N3O10S2/c1-7-8-33-22(28)25-19(14(2)3)21(27)23-15(4)20(26)24-18-10-16(12-34-36(5,29)30)9-17(11-18)13-35-37(6,31)32/h7,9-11,14-15,19H,1,8,12-13H2,2-6H3,(H,23,27)(H,24,26)(H,25,28). The van der Waals surface area contributed by atoms with Crippen molar-refractivity contribution in [2.75, 3.05) is 24.4 Å². The molecular formula is C22H33N3O10S2. The molecule has 3 N–H and O–H groups in total. The number of nitrogens with one attached hydrogen (secondary N) is 3. The lowest BCUT2D eigenvalue weighted by atomic mass is 10.0. The second-order valence-electron chi connectivity index (χ2n) is 8.44. The maximum absolute atomic E-state index is 12.8. The number of benzene rings is 1. The predicted octanol–water partition coefficient (Wildman–Crippen LogP) is 1.02. The minimum absolute atomic E-state index is 0.0391. The molecule has 2 atom stereocenters. The van der Waals surface area contributed by atoms with E-state index in [1.165, 1.54) is 31.2 Å². The molecule has 0 heterocycles. The average Bonchev–Trinajstić information content (AvgIpc) is 2.77. The Labute approximate surface area is 217 Å². The van der Waals surface area contributed by atoms with E-state index < -0.39 is 50.2 Å². The molecule has 3 amide bonds. The largest absolute Gasteiger partial charge is 0.445 e. The Bertz CT molecular complexity index is 1140. The first-order valence-corrected chi connectivity index (χ1v) is 14.6. The van der Waals surface area contributed by atoms with Gasteiger partial charge in [0, 0.05) is 5.69 Å². The number of ether oxygens (including phenoxy) is 1. The molecule has 0 aliphatic heterocycles. The lowest BCUT2D eigenvalue weighted by molar-refractivity contribution is -0.128. The van der Waals surface area contributed by atoms with Crippen molar-refractivity contribution in [1.29, 1.82) is 0 Å². The molecule has 0 radical (unpaired) electrons. The van der Waals surface area contributed by atoms with Crippen LogP contribution in [0.5, 0.6) is 0 Å². The van der Waals surface area contributed by atoms with Crippen LogP contribution in [0.1, 0.15) is 31.9 Å². The van der Waals surface area contributed by atoms with Crippen LogP contribution in [-0.2, 0) is 56.1 Å². The van der Waals surface area contributed by atoms with Crippen molar-refractivity contribution in [1.82, 2.24) is 10.6 Å². The third-order valence-corrected chi connectivity index (χ3v) is 5.60. The predicted molar refractivity (Wildman–Crippen MR) is 135 cm³/mol. The summed E-state index contributed by atoms with van der Waals surface area (Å²) in [6, 6.07) is 2.28. The lowest BCUT2D eigenvalue weighted by Crippen LogP contribution is -2.53. The van der Waals surface area contributed by atoms with Gasteiger partial charge in [-0.1, -0.05) is 32.6 Å². The van der Waals surface area contributed by atoms with Gasteiger partial charge in [-0.3, -0.25) is 18.0 Å². The van der Waals surface area contributed by atoms with E-state index in [9.17, 15) is 31.2 Å². The van der Waals surface area contributed by atoms with E-state index in [-0.39, 0.29) is 31.4 Å². The fourth-order valence-electron chi connectivity index (χ4n) is 2.81. The zero-order valence-corrected chi connectivity index (χ0v) is 22.9. The first kappa shape index (κ1) is 32.0. The molecule has 0 saturated carbocycles. The van der Waals surface area contributed by atoms with Crippen molar-refractivity contribution in [3.05, 3.63) is 42.0 Å². The minimum Gasteiger partial charge on any atom is -0.445 e. The van der Waals surface area contributed by atoms with Crippen LogP contribution in [0.4, 0.5) is 10.5 Å². The summed E-state index contributed by atoms with van der Waals surface area (Å²) < 4.78 is 59.8. The lowest BCUT2D eigenvalue weighted by Gasteiger charge is -2.23. The molecule has 1 rings (SSSR count). The molecule has 0 aromatic heterocycles. The van der Waals surface area contributed by atoms with Crippen LogP contribution < -0.4 is 16.0 Å². The Morgan fingerprint density at radius 3 is 1.84 bits per heavy atom. The van der Waals surface area contributed by atoms with Gasteiger partial charge < -0.3 is 20.7 Å². The van der Waals surface area contributed by atoms with Gasteiger partial charge in [-0.25, -0.2) is 4.79 Å². The average molecular weight is 564 g/mol. The zero-order chi connectivity index (χ0) is 28.4. The van der Waals surface area contributed by atoms with E-state index in [1.54, 1.807) is 13.8 Å². The number of carbonyl (C=O) groups excluding carboxylic acids is 3. The van der Waals surface area contributed by atoms with Crippen LogP contribution in [0.3, 0.4) is 0 Å². The van der Waals surface area contributed by atoms with Crippen molar-refractivity contribution >= 4 is 43.8 Å². The van der Waals surface area contributed by atoms with Gasteiger partial charge in [0.2, 0.25) is 11.8 Å². The summed E-state index contributed by atoms with van der Waals surface area (Å²) in [6.45, 7) is 7.48. The van der Waals surface area contributed by atoms with E-state index in [4.69, 9.17) is 13.1 Å².